The average Bonchev–Trinajstić information content (AvgIpc) is 2.85. The number of rotatable bonds is 5. The third-order valence-corrected chi connectivity index (χ3v) is 3.00. The minimum absolute atomic E-state index is 0.752. The Hall–Kier alpha value is -1.81. The molecule has 2 N–H and O–H groups in total. The van der Waals surface area contributed by atoms with Crippen LogP contribution in [0.2, 0.25) is 0 Å². The van der Waals surface area contributed by atoms with Crippen LogP contribution < -0.4 is 5.73 Å². The van der Waals surface area contributed by atoms with E-state index in [0.29, 0.717) is 0 Å². The van der Waals surface area contributed by atoms with Gasteiger partial charge in [0.25, 0.3) is 0 Å². The van der Waals surface area contributed by atoms with Gasteiger partial charge in [-0.3, -0.25) is 4.90 Å². The summed E-state index contributed by atoms with van der Waals surface area (Å²) in [6, 6.07) is 7.61. The highest BCUT2D eigenvalue weighted by molar-refractivity contribution is 5.59. The first-order valence-corrected chi connectivity index (χ1v) is 6.26. The van der Waals surface area contributed by atoms with Crippen molar-refractivity contribution in [2.75, 3.05) is 18.8 Å². The van der Waals surface area contributed by atoms with Crippen LogP contribution in [0.4, 0.5) is 5.69 Å². The van der Waals surface area contributed by atoms with Gasteiger partial charge in [-0.05, 0) is 37.4 Å². The topological polar surface area (TPSA) is 55.3 Å². The Morgan fingerprint density at radius 1 is 1.17 bits per heavy atom. The fourth-order valence-electron chi connectivity index (χ4n) is 1.80. The van der Waals surface area contributed by atoms with Crippen molar-refractivity contribution in [3.8, 4) is 11.3 Å². The molecule has 0 radical (unpaired) electrons. The maximum absolute atomic E-state index is 5.75. The molecular formula is C14H19N3O. The lowest BCUT2D eigenvalue weighted by Crippen LogP contribution is -2.22. The summed E-state index contributed by atoms with van der Waals surface area (Å²) in [6.07, 6.45) is 1.77. The van der Waals surface area contributed by atoms with Gasteiger partial charge in [-0.1, -0.05) is 13.8 Å². The summed E-state index contributed by atoms with van der Waals surface area (Å²) in [7, 11) is 0. The normalized spacial score (nSPS) is 11.1. The SMILES string of the molecule is CCN(CC)Cc1ncc(-c2ccc(N)cc2)o1. The van der Waals surface area contributed by atoms with Gasteiger partial charge in [-0.2, -0.15) is 0 Å². The Balaban J connectivity index is 2.12. The van der Waals surface area contributed by atoms with Gasteiger partial charge in [-0.25, -0.2) is 4.98 Å². The van der Waals surface area contributed by atoms with E-state index in [1.165, 1.54) is 0 Å². The summed E-state index contributed by atoms with van der Waals surface area (Å²) in [5, 5.41) is 0. The zero-order valence-corrected chi connectivity index (χ0v) is 10.9. The van der Waals surface area contributed by atoms with Crippen molar-refractivity contribution in [1.82, 2.24) is 9.88 Å². The largest absolute Gasteiger partial charge is 0.439 e. The number of nitrogens with two attached hydrogens (primary N) is 1. The van der Waals surface area contributed by atoms with Crippen molar-refractivity contribution in [1.29, 1.82) is 0 Å². The molecule has 1 aromatic carbocycles. The van der Waals surface area contributed by atoms with Crippen molar-refractivity contribution in [3.63, 3.8) is 0 Å². The number of hydrogen-bond acceptors (Lipinski definition) is 4. The Morgan fingerprint density at radius 3 is 2.44 bits per heavy atom. The zero-order valence-electron chi connectivity index (χ0n) is 10.9. The van der Waals surface area contributed by atoms with Crippen molar-refractivity contribution in [2.24, 2.45) is 0 Å². The molecule has 0 aliphatic carbocycles. The highest BCUT2D eigenvalue weighted by atomic mass is 16.4. The molecule has 4 nitrogen and oxygen atoms in total. The lowest BCUT2D eigenvalue weighted by molar-refractivity contribution is 0.264. The molecule has 2 rings (SSSR count). The molecule has 4 heteroatoms. The highest BCUT2D eigenvalue weighted by Crippen LogP contribution is 2.21. The van der Waals surface area contributed by atoms with Crippen LogP contribution in [-0.2, 0) is 6.54 Å². The van der Waals surface area contributed by atoms with Gasteiger partial charge in [0.15, 0.2) is 5.76 Å². The molecule has 1 aromatic heterocycles. The Labute approximate surface area is 107 Å². The molecule has 0 unspecified atom stereocenters. The van der Waals surface area contributed by atoms with Crippen LogP contribution >= 0.6 is 0 Å². The highest BCUT2D eigenvalue weighted by Gasteiger charge is 2.09. The van der Waals surface area contributed by atoms with E-state index in [2.05, 4.69) is 23.7 Å². The summed E-state index contributed by atoms with van der Waals surface area (Å²) in [5.41, 5.74) is 7.41. The second-order valence-electron chi connectivity index (χ2n) is 4.20. The number of benzene rings is 1. The number of nitrogens with zero attached hydrogens (tertiary/aromatic N) is 2. The van der Waals surface area contributed by atoms with Crippen LogP contribution in [0.1, 0.15) is 19.7 Å². The zero-order chi connectivity index (χ0) is 13.0. The predicted molar refractivity (Wildman–Crippen MR) is 73.0 cm³/mol. The molecule has 1 heterocycles. The maximum Gasteiger partial charge on any atom is 0.209 e. The summed E-state index contributed by atoms with van der Waals surface area (Å²) >= 11 is 0. The van der Waals surface area contributed by atoms with Crippen molar-refractivity contribution >= 4 is 5.69 Å². The Kier molecular flexibility index (Phi) is 3.99. The van der Waals surface area contributed by atoms with E-state index >= 15 is 0 Å². The molecule has 0 spiro atoms. The predicted octanol–water partition coefficient (Wildman–Crippen LogP) is 2.77. The van der Waals surface area contributed by atoms with Crippen molar-refractivity contribution < 1.29 is 4.42 Å². The van der Waals surface area contributed by atoms with Gasteiger partial charge >= 0.3 is 0 Å². The van der Waals surface area contributed by atoms with E-state index in [0.717, 1.165) is 42.5 Å². The second-order valence-corrected chi connectivity index (χ2v) is 4.20. The molecular weight excluding hydrogens is 226 g/mol. The lowest BCUT2D eigenvalue weighted by Gasteiger charge is -2.14. The van der Waals surface area contributed by atoms with Crippen molar-refractivity contribution in [2.45, 2.75) is 20.4 Å². The number of aromatic nitrogens is 1. The first-order valence-electron chi connectivity index (χ1n) is 6.26. The lowest BCUT2D eigenvalue weighted by atomic mass is 10.2. The van der Waals surface area contributed by atoms with Crippen LogP contribution in [0.15, 0.2) is 34.9 Å². The molecule has 2 aromatic rings. The van der Waals surface area contributed by atoms with E-state index in [-0.39, 0.29) is 0 Å². The molecule has 0 aliphatic rings. The summed E-state index contributed by atoms with van der Waals surface area (Å²) < 4.78 is 5.75. The summed E-state index contributed by atoms with van der Waals surface area (Å²) in [4.78, 5) is 6.57. The minimum atomic E-state index is 0.752. The monoisotopic (exact) mass is 245 g/mol. The molecule has 0 saturated heterocycles. The maximum atomic E-state index is 5.75. The molecule has 0 aliphatic heterocycles. The van der Waals surface area contributed by atoms with Crippen molar-refractivity contribution in [3.05, 3.63) is 36.4 Å². The van der Waals surface area contributed by atoms with Crippen LogP contribution in [0.3, 0.4) is 0 Å². The number of anilines is 1. The molecule has 0 saturated carbocycles. The number of oxazole rings is 1. The molecule has 18 heavy (non-hydrogen) atoms. The standard InChI is InChI=1S/C14H19N3O/c1-3-17(4-2)10-14-16-9-13(18-14)11-5-7-12(15)8-6-11/h5-9H,3-4,10,15H2,1-2H3. The fraction of sp³-hybridized carbons (Fsp3) is 0.357. The van der Waals surface area contributed by atoms with Gasteiger partial charge in [-0.15, -0.1) is 0 Å². The number of hydrogen-bond donors (Lipinski definition) is 1. The molecule has 96 valence electrons. The Morgan fingerprint density at radius 2 is 1.83 bits per heavy atom. The smallest absolute Gasteiger partial charge is 0.209 e. The average molecular weight is 245 g/mol. The third-order valence-electron chi connectivity index (χ3n) is 3.00. The molecule has 0 atom stereocenters. The van der Waals surface area contributed by atoms with E-state index < -0.39 is 0 Å². The summed E-state index contributed by atoms with van der Waals surface area (Å²) in [6.45, 7) is 7.01. The fourth-order valence-corrected chi connectivity index (χ4v) is 1.80. The minimum Gasteiger partial charge on any atom is -0.439 e. The van der Waals surface area contributed by atoms with Crippen LogP contribution in [-0.4, -0.2) is 23.0 Å². The first kappa shape index (κ1) is 12.6. The van der Waals surface area contributed by atoms with Gasteiger partial charge in [0, 0.05) is 11.3 Å². The van der Waals surface area contributed by atoms with E-state index in [1.54, 1.807) is 6.20 Å². The quantitative estimate of drug-likeness (QED) is 0.823. The first-order chi connectivity index (χ1) is 8.72. The Bertz CT molecular complexity index is 486. The van der Waals surface area contributed by atoms with Gasteiger partial charge in [0.1, 0.15) is 0 Å². The second kappa shape index (κ2) is 5.69. The summed E-state index contributed by atoms with van der Waals surface area (Å²) in [5.74, 6) is 1.54. The van der Waals surface area contributed by atoms with Gasteiger partial charge < -0.3 is 10.2 Å². The third kappa shape index (κ3) is 2.90. The van der Waals surface area contributed by atoms with E-state index in [9.17, 15) is 0 Å². The van der Waals surface area contributed by atoms with Crippen LogP contribution in [0, 0.1) is 0 Å². The number of nitrogen functional groups attached to an aromatic ring is 1. The molecule has 0 fully saturated rings. The molecule has 0 bridgehead atoms. The van der Waals surface area contributed by atoms with Gasteiger partial charge in [0.05, 0.1) is 12.7 Å². The molecule has 0 amide bonds. The van der Waals surface area contributed by atoms with Gasteiger partial charge in [0.2, 0.25) is 5.89 Å². The van der Waals surface area contributed by atoms with Crippen LogP contribution in [0.25, 0.3) is 11.3 Å². The van der Waals surface area contributed by atoms with E-state index in [4.69, 9.17) is 10.2 Å². The van der Waals surface area contributed by atoms with E-state index in [1.807, 2.05) is 24.3 Å². The van der Waals surface area contributed by atoms with Crippen LogP contribution in [0.5, 0.6) is 0 Å².